The van der Waals surface area contributed by atoms with Crippen LogP contribution < -0.4 is 10.2 Å². The Bertz CT molecular complexity index is 824. The van der Waals surface area contributed by atoms with Gasteiger partial charge in [0.15, 0.2) is 0 Å². The smallest absolute Gasteiger partial charge is 0.243 e. The average molecular weight is 304 g/mol. The molecule has 3 nitrogen and oxygen atoms in total. The van der Waals surface area contributed by atoms with Crippen molar-refractivity contribution in [2.24, 2.45) is 0 Å². The van der Waals surface area contributed by atoms with Crippen LogP contribution in [-0.2, 0) is 4.79 Å². The van der Waals surface area contributed by atoms with Gasteiger partial charge in [0.05, 0.1) is 6.54 Å². The third-order valence-electron chi connectivity index (χ3n) is 3.89. The highest BCUT2D eigenvalue weighted by Crippen LogP contribution is 2.21. The molecular weight excluding hydrogens is 284 g/mol. The number of fused-ring (bicyclic) bond motifs is 1. The van der Waals surface area contributed by atoms with Gasteiger partial charge in [-0.05, 0) is 42.0 Å². The van der Waals surface area contributed by atoms with Gasteiger partial charge in [-0.1, -0.05) is 48.0 Å². The molecule has 0 bridgehead atoms. The fourth-order valence-electron chi connectivity index (χ4n) is 2.56. The first-order chi connectivity index (χ1) is 11.1. The molecule has 0 unspecified atom stereocenters. The standard InChI is InChI=1S/C20H20N2O/c1-15-7-10-18(11-8-15)21-20(23)14-22(2)19-12-9-16-5-3-4-6-17(16)13-19/h3-13H,14H2,1-2H3,(H,21,23). The van der Waals surface area contributed by atoms with E-state index in [0.717, 1.165) is 11.4 Å². The molecule has 0 spiro atoms. The lowest BCUT2D eigenvalue weighted by molar-refractivity contribution is -0.114. The second kappa shape index (κ2) is 6.53. The highest BCUT2D eigenvalue weighted by Gasteiger charge is 2.08. The lowest BCUT2D eigenvalue weighted by Crippen LogP contribution is -2.30. The first-order valence-electron chi connectivity index (χ1n) is 7.68. The minimum Gasteiger partial charge on any atom is -0.365 e. The third kappa shape index (κ3) is 3.69. The average Bonchev–Trinajstić information content (AvgIpc) is 2.56. The van der Waals surface area contributed by atoms with Gasteiger partial charge in [-0.2, -0.15) is 0 Å². The summed E-state index contributed by atoms with van der Waals surface area (Å²) in [5.74, 6) is -0.0236. The number of anilines is 2. The maximum absolute atomic E-state index is 12.2. The van der Waals surface area contributed by atoms with Crippen LogP contribution in [-0.4, -0.2) is 19.5 Å². The quantitative estimate of drug-likeness (QED) is 0.782. The molecular formula is C20H20N2O. The number of aryl methyl sites for hydroxylation is 1. The van der Waals surface area contributed by atoms with Gasteiger partial charge in [0.25, 0.3) is 0 Å². The monoisotopic (exact) mass is 304 g/mol. The molecule has 116 valence electrons. The van der Waals surface area contributed by atoms with Crippen molar-refractivity contribution in [1.29, 1.82) is 0 Å². The molecule has 3 heteroatoms. The molecule has 0 aromatic heterocycles. The van der Waals surface area contributed by atoms with Gasteiger partial charge in [0.2, 0.25) is 5.91 Å². The van der Waals surface area contributed by atoms with Crippen molar-refractivity contribution in [3.05, 3.63) is 72.3 Å². The van der Waals surface area contributed by atoms with E-state index in [4.69, 9.17) is 0 Å². The van der Waals surface area contributed by atoms with Crippen molar-refractivity contribution in [3.8, 4) is 0 Å². The van der Waals surface area contributed by atoms with E-state index in [1.807, 2.05) is 61.3 Å². The number of likely N-dealkylation sites (N-methyl/N-ethyl adjacent to an activating group) is 1. The van der Waals surface area contributed by atoms with Crippen LogP contribution in [0.4, 0.5) is 11.4 Å². The first kappa shape index (κ1) is 15.1. The Kier molecular flexibility index (Phi) is 4.29. The van der Waals surface area contributed by atoms with Gasteiger partial charge in [-0.3, -0.25) is 4.79 Å². The minimum atomic E-state index is -0.0236. The molecule has 23 heavy (non-hydrogen) atoms. The SMILES string of the molecule is Cc1ccc(NC(=O)CN(C)c2ccc3ccccc3c2)cc1. The van der Waals surface area contributed by atoms with Crippen LogP contribution in [0, 0.1) is 6.92 Å². The fraction of sp³-hybridized carbons (Fsp3) is 0.150. The van der Waals surface area contributed by atoms with E-state index in [1.54, 1.807) is 0 Å². The molecule has 1 N–H and O–H groups in total. The molecule has 0 saturated heterocycles. The topological polar surface area (TPSA) is 32.3 Å². The van der Waals surface area contributed by atoms with Gasteiger partial charge in [-0.15, -0.1) is 0 Å². The summed E-state index contributed by atoms with van der Waals surface area (Å²) < 4.78 is 0. The fourth-order valence-corrected chi connectivity index (χ4v) is 2.56. The highest BCUT2D eigenvalue weighted by molar-refractivity contribution is 5.94. The van der Waals surface area contributed by atoms with E-state index < -0.39 is 0 Å². The Morgan fingerprint density at radius 3 is 2.39 bits per heavy atom. The van der Waals surface area contributed by atoms with Gasteiger partial charge in [0, 0.05) is 18.4 Å². The number of nitrogens with zero attached hydrogens (tertiary/aromatic N) is 1. The molecule has 0 saturated carbocycles. The molecule has 0 aliphatic carbocycles. The molecule has 0 heterocycles. The molecule has 1 amide bonds. The van der Waals surface area contributed by atoms with Crippen LogP contribution in [0.15, 0.2) is 66.7 Å². The maximum Gasteiger partial charge on any atom is 0.243 e. The predicted octanol–water partition coefficient (Wildman–Crippen LogP) is 4.22. The van der Waals surface area contributed by atoms with E-state index >= 15 is 0 Å². The van der Waals surface area contributed by atoms with Crippen molar-refractivity contribution in [3.63, 3.8) is 0 Å². The van der Waals surface area contributed by atoms with Gasteiger partial charge >= 0.3 is 0 Å². The zero-order chi connectivity index (χ0) is 16.2. The third-order valence-corrected chi connectivity index (χ3v) is 3.89. The number of nitrogens with one attached hydrogen (secondary N) is 1. The lowest BCUT2D eigenvalue weighted by Gasteiger charge is -2.19. The number of rotatable bonds is 4. The number of hydrogen-bond acceptors (Lipinski definition) is 2. The second-order valence-electron chi connectivity index (χ2n) is 5.80. The minimum absolute atomic E-state index is 0.0236. The molecule has 0 radical (unpaired) electrons. The summed E-state index contributed by atoms with van der Waals surface area (Å²) in [6.07, 6.45) is 0. The zero-order valence-electron chi connectivity index (χ0n) is 13.4. The zero-order valence-corrected chi connectivity index (χ0v) is 13.4. The summed E-state index contributed by atoms with van der Waals surface area (Å²) in [5, 5.41) is 5.31. The summed E-state index contributed by atoms with van der Waals surface area (Å²) in [4.78, 5) is 14.1. The van der Waals surface area contributed by atoms with E-state index in [9.17, 15) is 4.79 Å². The summed E-state index contributed by atoms with van der Waals surface area (Å²) in [7, 11) is 1.93. The highest BCUT2D eigenvalue weighted by atomic mass is 16.2. The Hall–Kier alpha value is -2.81. The van der Waals surface area contributed by atoms with Crippen molar-refractivity contribution in [2.75, 3.05) is 23.8 Å². The molecule has 3 aromatic carbocycles. The molecule has 0 atom stereocenters. The summed E-state index contributed by atoms with van der Waals surface area (Å²) in [5.41, 5.74) is 3.03. The molecule has 3 rings (SSSR count). The number of carbonyl (C=O) groups is 1. The van der Waals surface area contributed by atoms with Gasteiger partial charge in [-0.25, -0.2) is 0 Å². The van der Waals surface area contributed by atoms with Gasteiger partial charge < -0.3 is 10.2 Å². The van der Waals surface area contributed by atoms with E-state index in [2.05, 4.69) is 29.6 Å². The lowest BCUT2D eigenvalue weighted by atomic mass is 10.1. The second-order valence-corrected chi connectivity index (χ2v) is 5.80. The predicted molar refractivity (Wildman–Crippen MR) is 97.0 cm³/mol. The van der Waals surface area contributed by atoms with Crippen LogP contribution in [0.3, 0.4) is 0 Å². The first-order valence-corrected chi connectivity index (χ1v) is 7.68. The van der Waals surface area contributed by atoms with E-state index in [1.165, 1.54) is 16.3 Å². The summed E-state index contributed by atoms with van der Waals surface area (Å²) in [6.45, 7) is 2.34. The Labute approximate surface area is 136 Å². The number of benzene rings is 3. The molecule has 0 aliphatic heterocycles. The largest absolute Gasteiger partial charge is 0.365 e. The van der Waals surface area contributed by atoms with Crippen LogP contribution in [0.25, 0.3) is 10.8 Å². The Morgan fingerprint density at radius 1 is 0.957 bits per heavy atom. The van der Waals surface area contributed by atoms with Crippen molar-refractivity contribution in [2.45, 2.75) is 6.92 Å². The Morgan fingerprint density at radius 2 is 1.65 bits per heavy atom. The van der Waals surface area contributed by atoms with Crippen LogP contribution in [0.2, 0.25) is 0 Å². The maximum atomic E-state index is 12.2. The van der Waals surface area contributed by atoms with Crippen LogP contribution >= 0.6 is 0 Å². The van der Waals surface area contributed by atoms with Crippen molar-refractivity contribution >= 4 is 28.1 Å². The van der Waals surface area contributed by atoms with E-state index in [0.29, 0.717) is 6.54 Å². The normalized spacial score (nSPS) is 10.5. The number of amides is 1. The van der Waals surface area contributed by atoms with Crippen LogP contribution in [0.5, 0.6) is 0 Å². The Balaban J connectivity index is 1.68. The van der Waals surface area contributed by atoms with Gasteiger partial charge in [0.1, 0.15) is 0 Å². The molecule has 0 aliphatic rings. The van der Waals surface area contributed by atoms with Crippen molar-refractivity contribution < 1.29 is 4.79 Å². The summed E-state index contributed by atoms with van der Waals surface area (Å²) in [6, 6.07) is 22.3. The van der Waals surface area contributed by atoms with Crippen LogP contribution in [0.1, 0.15) is 5.56 Å². The number of carbonyl (C=O) groups excluding carboxylic acids is 1. The summed E-state index contributed by atoms with van der Waals surface area (Å²) >= 11 is 0. The molecule has 3 aromatic rings. The van der Waals surface area contributed by atoms with Crippen molar-refractivity contribution in [1.82, 2.24) is 0 Å². The van der Waals surface area contributed by atoms with E-state index in [-0.39, 0.29) is 5.91 Å². The number of hydrogen-bond donors (Lipinski definition) is 1. The molecule has 0 fully saturated rings.